The molecule has 0 unspecified atom stereocenters. The number of benzene rings is 2. The van der Waals surface area contributed by atoms with Crippen LogP contribution in [0.2, 0.25) is 5.02 Å². The van der Waals surface area contributed by atoms with Gasteiger partial charge in [0.05, 0.1) is 16.4 Å². The van der Waals surface area contributed by atoms with Crippen molar-refractivity contribution in [3.8, 4) is 17.0 Å². The smallest absolute Gasteiger partial charge is 0.323 e. The van der Waals surface area contributed by atoms with Crippen molar-refractivity contribution in [2.24, 2.45) is 7.05 Å². The Morgan fingerprint density at radius 1 is 1.09 bits per heavy atom. The lowest BCUT2D eigenvalue weighted by Crippen LogP contribution is -2.33. The standard InChI is InChI=1S/C24H28ClN5O2/c1-29-22(11-12-26-29)19-17-18(27-24(31)28-21-8-4-3-7-20(21)25)9-10-23(19)32-16-15-30-13-5-2-6-14-30/h3-4,7-12,17H,2,5-6,13-16H2,1H3,(H2,27,28,31). The van der Waals surface area contributed by atoms with Gasteiger partial charge in [-0.2, -0.15) is 5.10 Å². The van der Waals surface area contributed by atoms with E-state index < -0.39 is 0 Å². The van der Waals surface area contributed by atoms with Crippen molar-refractivity contribution >= 4 is 29.0 Å². The number of para-hydroxylation sites is 1. The van der Waals surface area contributed by atoms with Gasteiger partial charge in [0.2, 0.25) is 0 Å². The first-order valence-electron chi connectivity index (χ1n) is 10.9. The summed E-state index contributed by atoms with van der Waals surface area (Å²) in [6.45, 7) is 3.80. The summed E-state index contributed by atoms with van der Waals surface area (Å²) < 4.78 is 7.95. The van der Waals surface area contributed by atoms with E-state index in [-0.39, 0.29) is 6.03 Å². The molecule has 4 rings (SSSR count). The number of halogens is 1. The third-order valence-electron chi connectivity index (χ3n) is 5.57. The molecular formula is C24H28ClN5O2. The van der Waals surface area contributed by atoms with Crippen LogP contribution in [0.4, 0.5) is 16.2 Å². The molecule has 1 fully saturated rings. The molecule has 1 aromatic heterocycles. The van der Waals surface area contributed by atoms with Gasteiger partial charge in [-0.25, -0.2) is 4.79 Å². The van der Waals surface area contributed by atoms with Crippen LogP contribution in [0.25, 0.3) is 11.3 Å². The van der Waals surface area contributed by atoms with E-state index in [1.807, 2.05) is 43.4 Å². The molecule has 2 amide bonds. The summed E-state index contributed by atoms with van der Waals surface area (Å²) in [5.41, 5.74) is 2.98. The number of aromatic nitrogens is 2. The number of carbonyl (C=O) groups excluding carboxylic acids is 1. The van der Waals surface area contributed by atoms with Crippen LogP contribution in [-0.4, -0.2) is 47.0 Å². The van der Waals surface area contributed by atoms with E-state index in [2.05, 4.69) is 20.6 Å². The molecule has 0 bridgehead atoms. The van der Waals surface area contributed by atoms with Crippen molar-refractivity contribution in [2.75, 3.05) is 36.9 Å². The molecular weight excluding hydrogens is 426 g/mol. The van der Waals surface area contributed by atoms with Crippen molar-refractivity contribution in [1.82, 2.24) is 14.7 Å². The molecule has 168 valence electrons. The van der Waals surface area contributed by atoms with Crippen LogP contribution >= 0.6 is 11.6 Å². The minimum atomic E-state index is -0.368. The first-order chi connectivity index (χ1) is 15.6. The van der Waals surface area contributed by atoms with E-state index in [1.54, 1.807) is 23.0 Å². The zero-order valence-electron chi connectivity index (χ0n) is 18.2. The van der Waals surface area contributed by atoms with Crippen molar-refractivity contribution in [3.63, 3.8) is 0 Å². The van der Waals surface area contributed by atoms with E-state index in [0.29, 0.717) is 23.0 Å². The Labute approximate surface area is 193 Å². The van der Waals surface area contributed by atoms with Gasteiger partial charge < -0.3 is 15.4 Å². The number of urea groups is 1. The zero-order chi connectivity index (χ0) is 22.3. The molecule has 0 radical (unpaired) electrons. The molecule has 0 aliphatic carbocycles. The fraction of sp³-hybridized carbons (Fsp3) is 0.333. The van der Waals surface area contributed by atoms with Crippen LogP contribution in [0.15, 0.2) is 54.7 Å². The highest BCUT2D eigenvalue weighted by Gasteiger charge is 2.15. The molecule has 1 aliphatic heterocycles. The predicted octanol–water partition coefficient (Wildman–Crippen LogP) is 5.25. The maximum absolute atomic E-state index is 12.5. The lowest BCUT2D eigenvalue weighted by atomic mass is 10.1. The zero-order valence-corrected chi connectivity index (χ0v) is 18.9. The van der Waals surface area contributed by atoms with Crippen molar-refractivity contribution in [3.05, 3.63) is 59.8 Å². The highest BCUT2D eigenvalue weighted by molar-refractivity contribution is 6.33. The summed E-state index contributed by atoms with van der Waals surface area (Å²) in [7, 11) is 1.89. The lowest BCUT2D eigenvalue weighted by Gasteiger charge is -2.26. The van der Waals surface area contributed by atoms with Gasteiger partial charge in [-0.1, -0.05) is 30.2 Å². The average molecular weight is 454 g/mol. The molecule has 32 heavy (non-hydrogen) atoms. The Balaban J connectivity index is 1.47. The van der Waals surface area contributed by atoms with Gasteiger partial charge in [0.25, 0.3) is 0 Å². The number of anilines is 2. The Hall–Kier alpha value is -3.03. The third-order valence-corrected chi connectivity index (χ3v) is 5.90. The first kappa shape index (κ1) is 22.2. The van der Waals surface area contributed by atoms with Gasteiger partial charge in [-0.15, -0.1) is 0 Å². The number of hydrogen-bond acceptors (Lipinski definition) is 4. The highest BCUT2D eigenvalue weighted by atomic mass is 35.5. The Kier molecular flexibility index (Phi) is 7.29. The molecule has 0 spiro atoms. The molecule has 0 saturated carbocycles. The maximum Gasteiger partial charge on any atom is 0.323 e. The summed E-state index contributed by atoms with van der Waals surface area (Å²) >= 11 is 6.13. The van der Waals surface area contributed by atoms with Crippen LogP contribution in [0.3, 0.4) is 0 Å². The van der Waals surface area contributed by atoms with Crippen molar-refractivity contribution in [1.29, 1.82) is 0 Å². The van der Waals surface area contributed by atoms with E-state index in [9.17, 15) is 4.79 Å². The Morgan fingerprint density at radius 3 is 2.66 bits per heavy atom. The second-order valence-corrected chi connectivity index (χ2v) is 8.27. The van der Waals surface area contributed by atoms with E-state index >= 15 is 0 Å². The summed E-state index contributed by atoms with van der Waals surface area (Å²) in [5.74, 6) is 0.766. The van der Waals surface area contributed by atoms with Gasteiger partial charge in [0, 0.05) is 31.0 Å². The number of nitrogens with one attached hydrogen (secondary N) is 2. The number of nitrogens with zero attached hydrogens (tertiary/aromatic N) is 3. The van der Waals surface area contributed by atoms with E-state index in [1.165, 1.54) is 19.3 Å². The number of rotatable bonds is 7. The molecule has 3 aromatic rings. The number of aryl methyl sites for hydroxylation is 1. The van der Waals surface area contributed by atoms with Crippen LogP contribution < -0.4 is 15.4 Å². The number of amides is 2. The van der Waals surface area contributed by atoms with Crippen molar-refractivity contribution < 1.29 is 9.53 Å². The molecule has 2 heterocycles. The van der Waals surface area contributed by atoms with Crippen LogP contribution in [-0.2, 0) is 7.05 Å². The predicted molar refractivity (Wildman–Crippen MR) is 129 cm³/mol. The molecule has 0 atom stereocenters. The highest BCUT2D eigenvalue weighted by Crippen LogP contribution is 2.32. The normalized spacial score (nSPS) is 14.2. The fourth-order valence-electron chi connectivity index (χ4n) is 3.89. The summed E-state index contributed by atoms with van der Waals surface area (Å²) in [4.78, 5) is 14.9. The largest absolute Gasteiger partial charge is 0.492 e. The molecule has 8 heteroatoms. The monoisotopic (exact) mass is 453 g/mol. The van der Waals surface area contributed by atoms with Gasteiger partial charge in [-0.3, -0.25) is 9.58 Å². The van der Waals surface area contributed by atoms with Gasteiger partial charge in [-0.05, 0) is 62.3 Å². The maximum atomic E-state index is 12.5. The molecule has 1 saturated heterocycles. The minimum absolute atomic E-state index is 0.368. The quantitative estimate of drug-likeness (QED) is 0.512. The molecule has 2 aromatic carbocycles. The number of ether oxygens (including phenoxy) is 1. The van der Waals surface area contributed by atoms with Crippen molar-refractivity contribution in [2.45, 2.75) is 19.3 Å². The van der Waals surface area contributed by atoms with Crippen LogP contribution in [0.1, 0.15) is 19.3 Å². The van der Waals surface area contributed by atoms with Gasteiger partial charge in [0.1, 0.15) is 12.4 Å². The second kappa shape index (κ2) is 10.5. The Bertz CT molecular complexity index is 1060. The van der Waals surface area contributed by atoms with Gasteiger partial charge in [0.15, 0.2) is 0 Å². The average Bonchev–Trinajstić information content (AvgIpc) is 3.22. The number of piperidine rings is 1. The third kappa shape index (κ3) is 5.60. The van der Waals surface area contributed by atoms with E-state index in [4.69, 9.17) is 16.3 Å². The van der Waals surface area contributed by atoms with Crippen LogP contribution in [0.5, 0.6) is 5.75 Å². The minimum Gasteiger partial charge on any atom is -0.492 e. The number of hydrogen-bond donors (Lipinski definition) is 2. The lowest BCUT2D eigenvalue weighted by molar-refractivity contribution is 0.183. The molecule has 7 nitrogen and oxygen atoms in total. The first-order valence-corrected chi connectivity index (χ1v) is 11.3. The number of likely N-dealkylation sites (tertiary alicyclic amines) is 1. The van der Waals surface area contributed by atoms with E-state index in [0.717, 1.165) is 36.6 Å². The Morgan fingerprint density at radius 2 is 1.91 bits per heavy atom. The SMILES string of the molecule is Cn1nccc1-c1cc(NC(=O)Nc2ccccc2Cl)ccc1OCCN1CCCCC1. The number of carbonyl (C=O) groups is 1. The fourth-order valence-corrected chi connectivity index (χ4v) is 4.07. The summed E-state index contributed by atoms with van der Waals surface area (Å²) in [5, 5.41) is 10.4. The molecule has 2 N–H and O–H groups in total. The molecule has 1 aliphatic rings. The summed E-state index contributed by atoms with van der Waals surface area (Å²) in [6.07, 6.45) is 5.59. The summed E-state index contributed by atoms with van der Waals surface area (Å²) in [6, 6.07) is 14.3. The topological polar surface area (TPSA) is 71.4 Å². The van der Waals surface area contributed by atoms with Gasteiger partial charge >= 0.3 is 6.03 Å². The van der Waals surface area contributed by atoms with Crippen LogP contribution in [0, 0.1) is 0 Å². The second-order valence-electron chi connectivity index (χ2n) is 7.86.